The number of aryl methyl sites for hydroxylation is 1. The molecule has 2 aromatic carbocycles. The molecule has 4 bridgehead atoms. The maximum atomic E-state index is 10.5. The van der Waals surface area contributed by atoms with E-state index in [1.807, 2.05) is 18.2 Å². The molecule has 246 valence electrons. The van der Waals surface area contributed by atoms with E-state index < -0.39 is 12.2 Å². The van der Waals surface area contributed by atoms with Crippen LogP contribution in [0.15, 0.2) is 48.6 Å². The molecule has 3 N–H and O–H groups in total. The summed E-state index contributed by atoms with van der Waals surface area (Å²) in [5.74, 6) is 2.72. The van der Waals surface area contributed by atoms with Gasteiger partial charge in [0.1, 0.15) is 30.2 Å². The largest absolute Gasteiger partial charge is 1.00 e. The number of piperidine rings is 2. The summed E-state index contributed by atoms with van der Waals surface area (Å²) in [5, 5.41) is 31.2. The summed E-state index contributed by atoms with van der Waals surface area (Å²) in [5.41, 5.74) is 6.36. The number of phenols is 1. The van der Waals surface area contributed by atoms with Crippen LogP contribution in [0.25, 0.3) is 0 Å². The van der Waals surface area contributed by atoms with E-state index in [0.717, 1.165) is 44.5 Å². The average Bonchev–Trinajstić information content (AvgIpc) is 3.52. The van der Waals surface area contributed by atoms with Crippen LogP contribution >= 0.6 is 0 Å². The molecule has 2 aromatic rings. The molecular formula is C37H51FN2NaO5+. The van der Waals surface area contributed by atoms with Crippen molar-refractivity contribution in [1.29, 1.82) is 0 Å². The van der Waals surface area contributed by atoms with Crippen molar-refractivity contribution in [2.24, 2.45) is 11.8 Å². The summed E-state index contributed by atoms with van der Waals surface area (Å²) in [6, 6.07) is 9.23. The van der Waals surface area contributed by atoms with Gasteiger partial charge in [-0.05, 0) is 82.5 Å². The number of rotatable bonds is 0. The second-order valence-electron chi connectivity index (χ2n) is 14.2. The molecule has 8 aliphatic rings. The van der Waals surface area contributed by atoms with Crippen molar-refractivity contribution in [3.05, 3.63) is 76.4 Å². The maximum absolute atomic E-state index is 10.5. The molecule has 0 amide bonds. The van der Waals surface area contributed by atoms with Crippen LogP contribution in [0.5, 0.6) is 17.2 Å². The molecule has 2 fully saturated rings. The molecule has 0 aromatic heterocycles. The van der Waals surface area contributed by atoms with Crippen molar-refractivity contribution in [2.75, 3.05) is 27.2 Å². The molecule has 4 aliphatic heterocycles. The molecule has 0 radical (unpaired) electrons. The number of hydrogen-bond donors (Lipinski definition) is 3. The third-order valence-corrected chi connectivity index (χ3v) is 12.5. The summed E-state index contributed by atoms with van der Waals surface area (Å²) in [7, 11) is 4.43. The smallest absolute Gasteiger partial charge is 0.504 e. The Bertz CT molecular complexity index is 1470. The van der Waals surface area contributed by atoms with Gasteiger partial charge in [0.2, 0.25) is 0 Å². The zero-order valence-corrected chi connectivity index (χ0v) is 27.9. The Balaban J connectivity index is 0.000000192. The van der Waals surface area contributed by atoms with Gasteiger partial charge in [0.15, 0.2) is 11.5 Å². The van der Waals surface area contributed by atoms with Gasteiger partial charge < -0.3 is 34.6 Å². The van der Waals surface area contributed by atoms with Crippen LogP contribution in [0, 0.1) is 18.8 Å². The molecule has 10 rings (SSSR count). The Morgan fingerprint density at radius 3 is 1.72 bits per heavy atom. The van der Waals surface area contributed by atoms with Crippen LogP contribution in [-0.2, 0) is 23.7 Å². The minimum atomic E-state index is -0.594. The number of halogens is 1. The van der Waals surface area contributed by atoms with Gasteiger partial charge in [-0.25, -0.2) is 0 Å². The van der Waals surface area contributed by atoms with Gasteiger partial charge in [0, 0.05) is 47.3 Å². The van der Waals surface area contributed by atoms with Crippen molar-refractivity contribution < 1.29 is 60.5 Å². The molecule has 4 aliphatic carbocycles. The Morgan fingerprint density at radius 1 is 0.739 bits per heavy atom. The zero-order valence-electron chi connectivity index (χ0n) is 25.9. The van der Waals surface area contributed by atoms with E-state index in [4.69, 9.17) is 9.47 Å². The van der Waals surface area contributed by atoms with Gasteiger partial charge in [-0.15, -0.1) is 0 Å². The Morgan fingerprint density at radius 2 is 1.20 bits per heavy atom. The quantitative estimate of drug-likeness (QED) is 0.297. The van der Waals surface area contributed by atoms with Crippen LogP contribution in [-0.4, -0.2) is 88.8 Å². The molecule has 7 nitrogen and oxygen atoms in total. The van der Waals surface area contributed by atoms with Gasteiger partial charge in [-0.1, -0.05) is 57.4 Å². The molecule has 10 unspecified atom stereocenters. The van der Waals surface area contributed by atoms with E-state index in [2.05, 4.69) is 55.1 Å². The first-order valence-corrected chi connectivity index (χ1v) is 15.7. The van der Waals surface area contributed by atoms with E-state index in [1.54, 1.807) is 6.07 Å². The third kappa shape index (κ3) is 4.20. The first-order valence-electron chi connectivity index (χ1n) is 15.7. The number of aliphatic hydroxyl groups is 2. The van der Waals surface area contributed by atoms with Crippen LogP contribution < -0.4 is 39.0 Å². The minimum Gasteiger partial charge on any atom is -0.504 e. The topological polar surface area (TPSA) is 85.6 Å². The van der Waals surface area contributed by atoms with Gasteiger partial charge in [-0.3, -0.25) is 4.70 Å². The zero-order chi connectivity index (χ0) is 28.7. The summed E-state index contributed by atoms with van der Waals surface area (Å²) in [6.45, 7) is 4.23. The van der Waals surface area contributed by atoms with Gasteiger partial charge >= 0.3 is 29.6 Å². The van der Waals surface area contributed by atoms with Gasteiger partial charge in [0.05, 0.1) is 0 Å². The van der Waals surface area contributed by atoms with Crippen molar-refractivity contribution in [3.8, 4) is 17.2 Å². The standard InChI is InChI=1S/C18H21NO2.C17H19NO3.2CH4.FH.Na.H2/c1-10-3-4-11-9-13-12-5-6-14(20)17-18(12,7-8-19(13)2)15(11)16(10)21-17;1-18-7-6-17-10-3-5-13(20)16(17)21-15-12(19)4-2-9(14(15)17)8-11(10)18;;;;;/h3-6,12-14,17,20H,7-9H2,1-2H3;2-5,10-11,13,16,19-20H,6-8H2,1H3;2*1H4;1H;;1H/q;;;;;+1;/i;;;;;;1+2. The third-order valence-electron chi connectivity index (χ3n) is 12.5. The second kappa shape index (κ2) is 11.9. The van der Waals surface area contributed by atoms with Crippen molar-refractivity contribution in [2.45, 2.75) is 94.8 Å². The normalized spacial score (nSPS) is 38.9. The second-order valence-corrected chi connectivity index (χ2v) is 14.2. The SMILES string of the molecule is C.C.CN1CCC23c4c5ccc(O)c4OC2C(O)C=CC3C1C5.Cc1ccc2c3c1OC1C(O)C=CC4C(C2)N(C)CCC341.F.[3HH].[Na+]. The van der Waals surface area contributed by atoms with Crippen molar-refractivity contribution in [3.63, 3.8) is 0 Å². The fourth-order valence-corrected chi connectivity index (χ4v) is 10.6. The Hall–Kier alpha value is -1.91. The Kier molecular flexibility index (Phi) is 9.16. The van der Waals surface area contributed by atoms with E-state index in [0.29, 0.717) is 29.7 Å². The van der Waals surface area contributed by atoms with Gasteiger partial charge in [-0.2, -0.15) is 0 Å². The number of likely N-dealkylation sites (tertiary alicyclic amines) is 2. The van der Waals surface area contributed by atoms with Crippen molar-refractivity contribution >= 4 is 0 Å². The van der Waals surface area contributed by atoms with E-state index in [9.17, 15) is 15.3 Å². The van der Waals surface area contributed by atoms with Crippen LogP contribution in [0.1, 0.15) is 56.9 Å². The summed E-state index contributed by atoms with van der Waals surface area (Å²) in [6.07, 6.45) is 11.0. The molecule has 10 atom stereocenters. The van der Waals surface area contributed by atoms with E-state index in [-0.39, 0.29) is 79.3 Å². The number of phenolic OH excluding ortho intramolecular Hbond substituents is 1. The number of likely N-dealkylation sites (N-methyl/N-ethyl adjacent to an activating group) is 2. The summed E-state index contributed by atoms with van der Waals surface area (Å²) >= 11 is 0. The van der Waals surface area contributed by atoms with Gasteiger partial charge in [0.25, 0.3) is 0 Å². The molecular weight excluding hydrogens is 594 g/mol. The first kappa shape index (κ1) is 35.4. The molecule has 2 saturated heterocycles. The predicted molar refractivity (Wildman–Crippen MR) is 176 cm³/mol. The van der Waals surface area contributed by atoms with E-state index in [1.165, 1.54) is 27.8 Å². The Labute approximate surface area is 296 Å². The van der Waals surface area contributed by atoms with Crippen LogP contribution in [0.4, 0.5) is 4.70 Å². The fourth-order valence-electron chi connectivity index (χ4n) is 10.6. The number of ether oxygens (including phenoxy) is 2. The summed E-state index contributed by atoms with van der Waals surface area (Å²) in [4.78, 5) is 4.93. The number of benzene rings is 2. The number of aromatic hydroxyl groups is 1. The van der Waals surface area contributed by atoms with Crippen LogP contribution in [0.2, 0.25) is 0 Å². The molecule has 46 heavy (non-hydrogen) atoms. The number of aliphatic hydroxyl groups excluding tert-OH is 2. The summed E-state index contributed by atoms with van der Waals surface area (Å²) < 4.78 is 12.4. The average molecular weight is 648 g/mol. The molecule has 4 heterocycles. The first-order chi connectivity index (χ1) is 20.3. The number of nitrogens with zero attached hydrogens (tertiary/aromatic N) is 2. The van der Waals surface area contributed by atoms with Crippen LogP contribution in [0.3, 0.4) is 0 Å². The maximum Gasteiger partial charge on any atom is 1.00 e. The predicted octanol–water partition coefficient (Wildman–Crippen LogP) is 1.67. The molecule has 0 saturated carbocycles. The number of hydrogen-bond acceptors (Lipinski definition) is 7. The monoisotopic (exact) mass is 647 g/mol. The minimum absolute atomic E-state index is 0. The molecule has 9 heteroatoms. The van der Waals surface area contributed by atoms with Crippen molar-refractivity contribution in [1.82, 2.24) is 9.80 Å². The molecule has 2 spiro atoms. The fraction of sp³-hybridized carbons (Fsp3) is 0.568. The van der Waals surface area contributed by atoms with E-state index >= 15 is 0 Å².